The average molecular weight is 238 g/mol. The maximum Gasteiger partial charge on any atom is 0.248 e. The van der Waals surface area contributed by atoms with E-state index < -0.39 is 5.91 Å². The summed E-state index contributed by atoms with van der Waals surface area (Å²) in [4.78, 5) is 12.0. The van der Waals surface area contributed by atoms with Crippen molar-refractivity contribution in [3.63, 3.8) is 0 Å². The molecule has 1 aromatic rings. The molecule has 3 nitrogen and oxygen atoms in total. The normalized spacial score (nSPS) is 12.8. The molecule has 0 saturated carbocycles. The van der Waals surface area contributed by atoms with Crippen LogP contribution in [0.25, 0.3) is 0 Å². The van der Waals surface area contributed by atoms with E-state index in [0.717, 1.165) is 4.90 Å². The number of nitrogens with two attached hydrogens (primary N) is 2. The maximum absolute atomic E-state index is 11.0. The smallest absolute Gasteiger partial charge is 0.248 e. The van der Waals surface area contributed by atoms with Crippen LogP contribution in [0.15, 0.2) is 23.1 Å². The number of carbonyl (C=O) groups excluding carboxylic acids is 1. The van der Waals surface area contributed by atoms with Crippen molar-refractivity contribution in [1.29, 1.82) is 0 Å². The second kappa shape index (κ2) is 5.25. The minimum atomic E-state index is -0.444. The molecule has 0 fully saturated rings. The molecule has 0 bridgehead atoms. The number of rotatable bonds is 4. The highest BCUT2D eigenvalue weighted by Crippen LogP contribution is 2.32. The van der Waals surface area contributed by atoms with Gasteiger partial charge in [-0.1, -0.05) is 20.8 Å². The quantitative estimate of drug-likeness (QED) is 0.625. The van der Waals surface area contributed by atoms with Crippen LogP contribution in [0.4, 0.5) is 5.69 Å². The van der Waals surface area contributed by atoms with Gasteiger partial charge in [0.05, 0.1) is 0 Å². The summed E-state index contributed by atoms with van der Waals surface area (Å²) in [5.41, 5.74) is 12.1. The molecule has 0 heterocycles. The van der Waals surface area contributed by atoms with E-state index in [1.54, 1.807) is 23.9 Å². The molecule has 1 atom stereocenters. The molecule has 0 aliphatic carbocycles. The van der Waals surface area contributed by atoms with Gasteiger partial charge in [-0.25, -0.2) is 0 Å². The third-order valence-corrected chi connectivity index (χ3v) is 4.09. The summed E-state index contributed by atoms with van der Waals surface area (Å²) in [6.45, 7) is 6.51. The standard InChI is InChI=1S/C12H18N2OS/c1-7(2)8(3)16-11-5-4-9(12(14)15)6-10(11)13/h4-8H,13H2,1-3H3,(H2,14,15). The van der Waals surface area contributed by atoms with Gasteiger partial charge in [0, 0.05) is 21.4 Å². The van der Waals surface area contributed by atoms with Crippen molar-refractivity contribution in [3.05, 3.63) is 23.8 Å². The van der Waals surface area contributed by atoms with Gasteiger partial charge in [0.1, 0.15) is 0 Å². The van der Waals surface area contributed by atoms with E-state index in [4.69, 9.17) is 11.5 Å². The molecule has 16 heavy (non-hydrogen) atoms. The number of thioether (sulfide) groups is 1. The van der Waals surface area contributed by atoms with Crippen LogP contribution < -0.4 is 11.5 Å². The predicted octanol–water partition coefficient (Wildman–Crippen LogP) is 2.50. The fraction of sp³-hybridized carbons (Fsp3) is 0.417. The van der Waals surface area contributed by atoms with Crippen LogP contribution in [0.5, 0.6) is 0 Å². The molecular weight excluding hydrogens is 220 g/mol. The summed E-state index contributed by atoms with van der Waals surface area (Å²) in [6, 6.07) is 5.21. The van der Waals surface area contributed by atoms with Crippen molar-refractivity contribution >= 4 is 23.4 Å². The number of anilines is 1. The van der Waals surface area contributed by atoms with Crippen molar-refractivity contribution in [2.75, 3.05) is 5.73 Å². The molecule has 1 aromatic carbocycles. The maximum atomic E-state index is 11.0. The van der Waals surface area contributed by atoms with E-state index in [1.165, 1.54) is 0 Å². The molecule has 1 amide bonds. The lowest BCUT2D eigenvalue weighted by molar-refractivity contribution is 0.100. The first-order valence-electron chi connectivity index (χ1n) is 5.27. The number of hydrogen-bond acceptors (Lipinski definition) is 3. The zero-order valence-electron chi connectivity index (χ0n) is 9.86. The highest BCUT2D eigenvalue weighted by molar-refractivity contribution is 8.00. The van der Waals surface area contributed by atoms with Crippen molar-refractivity contribution in [3.8, 4) is 0 Å². The van der Waals surface area contributed by atoms with Crippen LogP contribution in [0, 0.1) is 5.92 Å². The van der Waals surface area contributed by atoms with Gasteiger partial charge in [-0.05, 0) is 24.1 Å². The average Bonchev–Trinajstić information content (AvgIpc) is 2.20. The van der Waals surface area contributed by atoms with Crippen molar-refractivity contribution < 1.29 is 4.79 Å². The van der Waals surface area contributed by atoms with Crippen LogP contribution >= 0.6 is 11.8 Å². The van der Waals surface area contributed by atoms with Gasteiger partial charge in [-0.15, -0.1) is 11.8 Å². The Morgan fingerprint density at radius 3 is 2.38 bits per heavy atom. The van der Waals surface area contributed by atoms with Gasteiger partial charge in [0.2, 0.25) is 5.91 Å². The zero-order valence-corrected chi connectivity index (χ0v) is 10.7. The van der Waals surface area contributed by atoms with Crippen LogP contribution in [0.3, 0.4) is 0 Å². The molecule has 0 aliphatic rings. The summed E-state index contributed by atoms with van der Waals surface area (Å²) >= 11 is 1.72. The van der Waals surface area contributed by atoms with Gasteiger partial charge in [0.25, 0.3) is 0 Å². The summed E-state index contributed by atoms with van der Waals surface area (Å²) in [5, 5.41) is 0.488. The topological polar surface area (TPSA) is 69.1 Å². The van der Waals surface area contributed by atoms with E-state index >= 15 is 0 Å². The number of carbonyl (C=O) groups is 1. The van der Waals surface area contributed by atoms with Crippen molar-refractivity contribution in [2.24, 2.45) is 11.7 Å². The number of nitrogen functional groups attached to an aromatic ring is 1. The summed E-state index contributed by atoms with van der Waals surface area (Å²) < 4.78 is 0. The van der Waals surface area contributed by atoms with Crippen LogP contribution in [0.1, 0.15) is 31.1 Å². The minimum absolute atomic E-state index is 0.444. The van der Waals surface area contributed by atoms with E-state index in [0.29, 0.717) is 22.4 Å². The Bertz CT molecular complexity index is 391. The third-order valence-electron chi connectivity index (χ3n) is 2.55. The molecule has 0 saturated heterocycles. The first kappa shape index (κ1) is 12.9. The molecule has 0 aliphatic heterocycles. The van der Waals surface area contributed by atoms with E-state index in [1.807, 2.05) is 6.07 Å². The molecule has 0 radical (unpaired) electrons. The molecule has 1 unspecified atom stereocenters. The number of benzene rings is 1. The lowest BCUT2D eigenvalue weighted by Crippen LogP contribution is -2.11. The molecular formula is C12H18N2OS. The van der Waals surface area contributed by atoms with E-state index in [2.05, 4.69) is 20.8 Å². The van der Waals surface area contributed by atoms with Crippen LogP contribution in [0.2, 0.25) is 0 Å². The monoisotopic (exact) mass is 238 g/mol. The second-order valence-electron chi connectivity index (χ2n) is 4.18. The molecule has 1 rings (SSSR count). The highest BCUT2D eigenvalue weighted by atomic mass is 32.2. The fourth-order valence-electron chi connectivity index (χ4n) is 1.15. The Morgan fingerprint density at radius 1 is 1.31 bits per heavy atom. The van der Waals surface area contributed by atoms with E-state index in [-0.39, 0.29) is 0 Å². The van der Waals surface area contributed by atoms with Gasteiger partial charge >= 0.3 is 0 Å². The minimum Gasteiger partial charge on any atom is -0.398 e. The van der Waals surface area contributed by atoms with Gasteiger partial charge < -0.3 is 11.5 Å². The molecule has 4 N–H and O–H groups in total. The van der Waals surface area contributed by atoms with Crippen molar-refractivity contribution in [1.82, 2.24) is 0 Å². The zero-order chi connectivity index (χ0) is 12.3. The Morgan fingerprint density at radius 2 is 1.94 bits per heavy atom. The van der Waals surface area contributed by atoms with Crippen LogP contribution in [-0.4, -0.2) is 11.2 Å². The highest BCUT2D eigenvalue weighted by Gasteiger charge is 2.11. The lowest BCUT2D eigenvalue weighted by Gasteiger charge is -2.16. The largest absolute Gasteiger partial charge is 0.398 e. The van der Waals surface area contributed by atoms with Crippen LogP contribution in [-0.2, 0) is 0 Å². The Labute approximate surface area is 101 Å². The van der Waals surface area contributed by atoms with Gasteiger partial charge in [-0.3, -0.25) is 4.79 Å². The first-order chi connectivity index (χ1) is 7.41. The van der Waals surface area contributed by atoms with Gasteiger partial charge in [0.15, 0.2) is 0 Å². The molecule has 88 valence electrons. The molecule has 4 heteroatoms. The molecule has 0 aromatic heterocycles. The first-order valence-corrected chi connectivity index (χ1v) is 6.15. The fourth-order valence-corrected chi connectivity index (χ4v) is 2.16. The number of amides is 1. The Kier molecular flexibility index (Phi) is 4.24. The summed E-state index contributed by atoms with van der Waals surface area (Å²) in [7, 11) is 0. The summed E-state index contributed by atoms with van der Waals surface area (Å²) in [6.07, 6.45) is 0. The predicted molar refractivity (Wildman–Crippen MR) is 69.5 cm³/mol. The van der Waals surface area contributed by atoms with Crippen molar-refractivity contribution in [2.45, 2.75) is 30.9 Å². The number of primary amides is 1. The molecule has 0 spiro atoms. The third kappa shape index (κ3) is 3.17. The lowest BCUT2D eigenvalue weighted by atomic mass is 10.2. The Balaban J connectivity index is 2.87. The second-order valence-corrected chi connectivity index (χ2v) is 5.60. The van der Waals surface area contributed by atoms with E-state index in [9.17, 15) is 4.79 Å². The van der Waals surface area contributed by atoms with Gasteiger partial charge in [-0.2, -0.15) is 0 Å². The number of hydrogen-bond donors (Lipinski definition) is 2. The summed E-state index contributed by atoms with van der Waals surface area (Å²) in [5.74, 6) is 0.139. The Hall–Kier alpha value is -1.16. The SMILES string of the molecule is CC(C)C(C)Sc1ccc(C(N)=O)cc1N.